The molecule has 0 radical (unpaired) electrons. The van der Waals surface area contributed by atoms with Gasteiger partial charge in [-0.05, 0) is 44.5 Å². The molecule has 0 spiro atoms. The van der Waals surface area contributed by atoms with Gasteiger partial charge in [0.15, 0.2) is 0 Å². The van der Waals surface area contributed by atoms with Crippen molar-refractivity contribution in [3.63, 3.8) is 0 Å². The fraction of sp³-hybridized carbons (Fsp3) is 0.111. The predicted octanol–water partition coefficient (Wildman–Crippen LogP) is 14.2. The zero-order valence-electron chi connectivity index (χ0n) is 32.1. The van der Waals surface area contributed by atoms with Gasteiger partial charge in [-0.1, -0.05) is 270 Å². The van der Waals surface area contributed by atoms with E-state index in [1.165, 1.54) is 44.5 Å². The van der Waals surface area contributed by atoms with Crippen molar-refractivity contribution in [1.82, 2.24) is 0 Å². The second-order valence-electron chi connectivity index (χ2n) is 12.4. The molecule has 0 bridgehead atoms. The fourth-order valence-corrected chi connectivity index (χ4v) is 7.51. The van der Waals surface area contributed by atoms with Gasteiger partial charge < -0.3 is 0 Å². The number of hydrogen-bond acceptors (Lipinski definition) is 0. The first-order chi connectivity index (χ1) is 26.8. The van der Waals surface area contributed by atoms with Crippen LogP contribution in [-0.4, -0.2) is 0 Å². The molecular formula is C54H52. The molecule has 268 valence electrons. The topological polar surface area (TPSA) is 0 Å². The van der Waals surface area contributed by atoms with Crippen LogP contribution >= 0.6 is 0 Å². The molecule has 0 amide bonds. The van der Waals surface area contributed by atoms with Gasteiger partial charge in [-0.25, -0.2) is 0 Å². The molecular weight excluding hydrogens is 649 g/mol. The van der Waals surface area contributed by atoms with Crippen LogP contribution < -0.4 is 0 Å². The summed E-state index contributed by atoms with van der Waals surface area (Å²) in [4.78, 5) is 0. The van der Waals surface area contributed by atoms with E-state index in [0.717, 1.165) is 0 Å². The monoisotopic (exact) mass is 700 g/mol. The first-order valence-corrected chi connectivity index (χ1v) is 19.3. The van der Waals surface area contributed by atoms with Gasteiger partial charge in [0.1, 0.15) is 0 Å². The summed E-state index contributed by atoms with van der Waals surface area (Å²) in [5, 5.41) is 0. The van der Waals surface area contributed by atoms with Gasteiger partial charge in [0.25, 0.3) is 0 Å². The summed E-state index contributed by atoms with van der Waals surface area (Å²) in [5.74, 6) is 0. The predicted molar refractivity (Wildman–Crippen MR) is 232 cm³/mol. The van der Waals surface area contributed by atoms with E-state index >= 15 is 0 Å². The Hall–Kier alpha value is -6.24. The van der Waals surface area contributed by atoms with Gasteiger partial charge in [-0.3, -0.25) is 0 Å². The van der Waals surface area contributed by atoms with Crippen LogP contribution in [0.15, 0.2) is 243 Å². The van der Waals surface area contributed by atoms with Crippen molar-refractivity contribution in [2.75, 3.05) is 0 Å². The lowest BCUT2D eigenvalue weighted by Crippen LogP contribution is -2.30. The van der Waals surface area contributed by atoms with E-state index in [-0.39, 0.29) is 10.8 Å². The maximum Gasteiger partial charge on any atom is 0.0701 e. The molecule has 0 N–H and O–H groups in total. The molecule has 0 saturated heterocycles. The molecule has 54 heavy (non-hydrogen) atoms. The summed E-state index contributed by atoms with van der Waals surface area (Å²) in [6, 6.07) is 86.3. The van der Waals surface area contributed by atoms with Gasteiger partial charge in [-0.2, -0.15) is 0 Å². The summed E-state index contributed by atoms with van der Waals surface area (Å²) in [6.07, 6.45) is 0. The van der Waals surface area contributed by atoms with Gasteiger partial charge in [0.2, 0.25) is 0 Å². The van der Waals surface area contributed by atoms with Crippen molar-refractivity contribution in [2.45, 2.75) is 38.5 Å². The first kappa shape index (κ1) is 39.0. The lowest BCUT2D eigenvalue weighted by atomic mass is 9.65. The highest BCUT2D eigenvalue weighted by Gasteiger charge is 2.39. The van der Waals surface area contributed by atoms with Crippen molar-refractivity contribution < 1.29 is 0 Å². The first-order valence-electron chi connectivity index (χ1n) is 19.3. The third kappa shape index (κ3) is 8.20. The van der Waals surface area contributed by atoms with Crippen molar-refractivity contribution in [1.29, 1.82) is 0 Å². The Morgan fingerprint density at radius 1 is 0.167 bits per heavy atom. The second kappa shape index (κ2) is 20.1. The summed E-state index contributed by atoms with van der Waals surface area (Å²) >= 11 is 0. The molecule has 0 unspecified atom stereocenters. The Balaban J connectivity index is 0.000000190. The van der Waals surface area contributed by atoms with Crippen LogP contribution in [0.1, 0.15) is 72.2 Å². The Kier molecular flexibility index (Phi) is 14.5. The fourth-order valence-electron chi connectivity index (χ4n) is 7.51. The third-order valence-electron chi connectivity index (χ3n) is 9.65. The van der Waals surface area contributed by atoms with Gasteiger partial charge in [0.05, 0.1) is 10.8 Å². The SMILES string of the molecule is CC.CC.c1ccc(C(c2ccccc2)(c2ccccc2)c2ccccc2)cc1.c1ccc(C(c2ccccc2)(c2ccccc2)c2ccccc2)cc1. The van der Waals surface area contributed by atoms with Crippen LogP contribution in [0.25, 0.3) is 0 Å². The Bertz CT molecular complexity index is 1660. The van der Waals surface area contributed by atoms with E-state index in [2.05, 4.69) is 243 Å². The minimum Gasteiger partial charge on any atom is -0.0683 e. The van der Waals surface area contributed by atoms with Crippen molar-refractivity contribution in [3.05, 3.63) is 287 Å². The molecule has 0 saturated carbocycles. The number of benzene rings is 8. The summed E-state index contributed by atoms with van der Waals surface area (Å²) < 4.78 is 0. The Labute approximate surface area is 324 Å². The van der Waals surface area contributed by atoms with Gasteiger partial charge in [0, 0.05) is 0 Å². The van der Waals surface area contributed by atoms with E-state index in [0.29, 0.717) is 0 Å². The van der Waals surface area contributed by atoms with E-state index in [1.54, 1.807) is 0 Å². The molecule has 8 aromatic rings. The van der Waals surface area contributed by atoms with Gasteiger partial charge >= 0.3 is 0 Å². The average molecular weight is 701 g/mol. The molecule has 0 aliphatic heterocycles. The highest BCUT2D eigenvalue weighted by molar-refractivity contribution is 5.61. The molecule has 0 heterocycles. The molecule has 0 aromatic heterocycles. The normalized spacial score (nSPS) is 10.6. The van der Waals surface area contributed by atoms with Crippen molar-refractivity contribution in [2.24, 2.45) is 0 Å². The van der Waals surface area contributed by atoms with E-state index < -0.39 is 0 Å². The highest BCUT2D eigenvalue weighted by atomic mass is 14.4. The Morgan fingerprint density at radius 3 is 0.352 bits per heavy atom. The number of rotatable bonds is 8. The molecule has 0 atom stereocenters. The largest absolute Gasteiger partial charge is 0.0701 e. The molecule has 0 nitrogen and oxygen atoms in total. The zero-order chi connectivity index (χ0) is 37.9. The van der Waals surface area contributed by atoms with Crippen LogP contribution in [0, 0.1) is 0 Å². The summed E-state index contributed by atoms with van der Waals surface area (Å²) in [6.45, 7) is 8.00. The number of hydrogen-bond donors (Lipinski definition) is 0. The second-order valence-corrected chi connectivity index (χ2v) is 12.4. The molecule has 0 heteroatoms. The average Bonchev–Trinajstić information content (AvgIpc) is 3.29. The lowest BCUT2D eigenvalue weighted by Gasteiger charge is -2.36. The molecule has 8 aromatic carbocycles. The quantitative estimate of drug-likeness (QED) is 0.138. The van der Waals surface area contributed by atoms with Crippen LogP contribution in [0.4, 0.5) is 0 Å². The van der Waals surface area contributed by atoms with Crippen LogP contribution in [0.5, 0.6) is 0 Å². The minimum atomic E-state index is -0.328. The zero-order valence-corrected chi connectivity index (χ0v) is 32.1. The highest BCUT2D eigenvalue weighted by Crippen LogP contribution is 2.46. The van der Waals surface area contributed by atoms with E-state index in [9.17, 15) is 0 Å². The molecule has 0 aliphatic carbocycles. The van der Waals surface area contributed by atoms with Crippen LogP contribution in [0.2, 0.25) is 0 Å². The molecule has 0 aliphatic rings. The maximum atomic E-state index is 2.23. The standard InChI is InChI=1S/2C25H20.2C2H6/c2*1-5-13-21(14-6-1)25(22-15-7-2-8-16-22,23-17-9-3-10-18-23)24-19-11-4-12-20-24;2*1-2/h2*1-20H;2*1-2H3. The maximum absolute atomic E-state index is 2.23. The molecule has 0 fully saturated rings. The van der Waals surface area contributed by atoms with Crippen LogP contribution in [0.3, 0.4) is 0 Å². The third-order valence-corrected chi connectivity index (χ3v) is 9.65. The summed E-state index contributed by atoms with van der Waals surface area (Å²) in [5.41, 5.74) is 9.56. The lowest BCUT2D eigenvalue weighted by molar-refractivity contribution is 0.745. The smallest absolute Gasteiger partial charge is 0.0683 e. The van der Waals surface area contributed by atoms with Gasteiger partial charge in [-0.15, -0.1) is 0 Å². The van der Waals surface area contributed by atoms with E-state index in [1.807, 2.05) is 27.7 Å². The van der Waals surface area contributed by atoms with Crippen LogP contribution in [-0.2, 0) is 10.8 Å². The van der Waals surface area contributed by atoms with E-state index in [4.69, 9.17) is 0 Å². The summed E-state index contributed by atoms with van der Waals surface area (Å²) in [7, 11) is 0. The Morgan fingerprint density at radius 2 is 0.259 bits per heavy atom. The minimum absolute atomic E-state index is 0.328. The molecule has 8 rings (SSSR count). The van der Waals surface area contributed by atoms with Crippen molar-refractivity contribution >= 4 is 0 Å². The van der Waals surface area contributed by atoms with Crippen molar-refractivity contribution in [3.8, 4) is 0 Å².